The first-order chi connectivity index (χ1) is 8.86. The minimum Gasteiger partial charge on any atom is -0.355 e. The summed E-state index contributed by atoms with van der Waals surface area (Å²) in [5.74, 6) is 1.74. The Bertz CT molecular complexity index is 543. The van der Waals surface area contributed by atoms with E-state index in [1.165, 1.54) is 12.8 Å². The minimum absolute atomic E-state index is 0.729. The normalized spacial score (nSPS) is 20.3. The quantitative estimate of drug-likeness (QED) is 0.798. The zero-order chi connectivity index (χ0) is 12.4. The highest BCUT2D eigenvalue weighted by Gasteiger charge is 2.20. The zero-order valence-electron chi connectivity index (χ0n) is 10.2. The Hall–Kier alpha value is -1.16. The van der Waals surface area contributed by atoms with Gasteiger partial charge in [0.15, 0.2) is 0 Å². The second-order valence-corrected chi connectivity index (χ2v) is 5.47. The summed E-state index contributed by atoms with van der Waals surface area (Å²) >= 11 is 3.59. The van der Waals surface area contributed by atoms with Gasteiger partial charge in [-0.1, -0.05) is 28.1 Å². The maximum absolute atomic E-state index is 4.72. The van der Waals surface area contributed by atoms with Crippen molar-refractivity contribution in [2.45, 2.75) is 12.8 Å². The zero-order valence-corrected chi connectivity index (χ0v) is 11.8. The molecule has 94 valence electrons. The number of benzene rings is 1. The van der Waals surface area contributed by atoms with Crippen LogP contribution in [0, 0.1) is 5.92 Å². The smallest absolute Gasteiger partial charge is 0.147 e. The molecule has 1 fully saturated rings. The van der Waals surface area contributed by atoms with Crippen molar-refractivity contribution in [2.24, 2.45) is 5.92 Å². The number of hydrogen-bond donors (Lipinski definition) is 0. The molecule has 4 heteroatoms. The third kappa shape index (κ3) is 2.34. The van der Waals surface area contributed by atoms with E-state index in [9.17, 15) is 0 Å². The molecule has 1 saturated heterocycles. The largest absolute Gasteiger partial charge is 0.355 e. The molecule has 0 aliphatic carbocycles. The van der Waals surface area contributed by atoms with Crippen molar-refractivity contribution in [3.05, 3.63) is 30.5 Å². The average molecular weight is 306 g/mol. The number of halogens is 1. The van der Waals surface area contributed by atoms with Crippen molar-refractivity contribution >= 4 is 32.8 Å². The van der Waals surface area contributed by atoms with E-state index < -0.39 is 0 Å². The third-order valence-electron chi connectivity index (χ3n) is 3.50. The highest BCUT2D eigenvalue weighted by molar-refractivity contribution is 9.09. The van der Waals surface area contributed by atoms with Gasteiger partial charge in [0.05, 0.1) is 17.2 Å². The van der Waals surface area contributed by atoms with Crippen LogP contribution in [-0.4, -0.2) is 28.4 Å². The van der Waals surface area contributed by atoms with Gasteiger partial charge in [-0.3, -0.25) is 4.98 Å². The molecule has 0 saturated carbocycles. The number of hydrogen-bond acceptors (Lipinski definition) is 3. The summed E-state index contributed by atoms with van der Waals surface area (Å²) in [5, 5.41) is 1.07. The van der Waals surface area contributed by atoms with Crippen molar-refractivity contribution < 1.29 is 0 Å². The molecule has 0 spiro atoms. The number of alkyl halides is 1. The van der Waals surface area contributed by atoms with Crippen molar-refractivity contribution in [3.63, 3.8) is 0 Å². The van der Waals surface area contributed by atoms with Gasteiger partial charge >= 0.3 is 0 Å². The first kappa shape index (κ1) is 11.9. The first-order valence-electron chi connectivity index (χ1n) is 6.39. The van der Waals surface area contributed by atoms with Gasteiger partial charge < -0.3 is 4.90 Å². The number of aromatic nitrogens is 2. The van der Waals surface area contributed by atoms with Gasteiger partial charge in [0.1, 0.15) is 5.82 Å². The number of para-hydroxylation sites is 2. The fourth-order valence-electron chi connectivity index (χ4n) is 2.50. The maximum atomic E-state index is 4.72. The van der Waals surface area contributed by atoms with E-state index in [1.807, 2.05) is 30.5 Å². The molecule has 0 amide bonds. The second-order valence-electron chi connectivity index (χ2n) is 4.83. The Labute approximate surface area is 115 Å². The Balaban J connectivity index is 1.89. The summed E-state index contributed by atoms with van der Waals surface area (Å²) in [7, 11) is 0. The molecular weight excluding hydrogens is 290 g/mol. The van der Waals surface area contributed by atoms with Crippen LogP contribution >= 0.6 is 15.9 Å². The molecule has 1 aromatic carbocycles. The van der Waals surface area contributed by atoms with E-state index in [0.717, 1.165) is 41.2 Å². The predicted molar refractivity (Wildman–Crippen MR) is 78.3 cm³/mol. The molecule has 1 atom stereocenters. The van der Waals surface area contributed by atoms with Crippen LogP contribution in [0.2, 0.25) is 0 Å². The van der Waals surface area contributed by atoms with Gasteiger partial charge in [0.25, 0.3) is 0 Å². The van der Waals surface area contributed by atoms with Crippen LogP contribution in [0.1, 0.15) is 12.8 Å². The first-order valence-corrected chi connectivity index (χ1v) is 7.51. The van der Waals surface area contributed by atoms with E-state index in [-0.39, 0.29) is 0 Å². The average Bonchev–Trinajstić information content (AvgIpc) is 2.47. The van der Waals surface area contributed by atoms with Crippen molar-refractivity contribution in [1.82, 2.24) is 9.97 Å². The van der Waals surface area contributed by atoms with Gasteiger partial charge in [0, 0.05) is 18.4 Å². The molecule has 2 heterocycles. The Morgan fingerprint density at radius 3 is 2.94 bits per heavy atom. The lowest BCUT2D eigenvalue weighted by Gasteiger charge is -2.32. The van der Waals surface area contributed by atoms with Gasteiger partial charge in [0.2, 0.25) is 0 Å². The Kier molecular flexibility index (Phi) is 3.46. The summed E-state index contributed by atoms with van der Waals surface area (Å²) in [6.45, 7) is 2.18. The lowest BCUT2D eigenvalue weighted by molar-refractivity contribution is 0.453. The van der Waals surface area contributed by atoms with Crippen molar-refractivity contribution in [2.75, 3.05) is 23.3 Å². The van der Waals surface area contributed by atoms with Crippen molar-refractivity contribution in [3.8, 4) is 0 Å². The molecule has 1 unspecified atom stereocenters. The summed E-state index contributed by atoms with van der Waals surface area (Å²) in [6, 6.07) is 8.04. The second kappa shape index (κ2) is 5.22. The van der Waals surface area contributed by atoms with E-state index in [0.29, 0.717) is 0 Å². The van der Waals surface area contributed by atoms with Crippen LogP contribution in [0.25, 0.3) is 11.0 Å². The SMILES string of the molecule is BrCC1CCCN(c2cnc3ccccc3n2)C1. The number of fused-ring (bicyclic) bond motifs is 1. The third-order valence-corrected chi connectivity index (χ3v) is 4.41. The molecule has 3 nitrogen and oxygen atoms in total. The molecule has 1 aliphatic rings. The fraction of sp³-hybridized carbons (Fsp3) is 0.429. The van der Waals surface area contributed by atoms with Gasteiger partial charge in [-0.2, -0.15) is 0 Å². The molecule has 3 rings (SSSR count). The van der Waals surface area contributed by atoms with Crippen LogP contribution in [-0.2, 0) is 0 Å². The molecular formula is C14H16BrN3. The fourth-order valence-corrected chi connectivity index (χ4v) is 3.03. The maximum Gasteiger partial charge on any atom is 0.147 e. The topological polar surface area (TPSA) is 29.0 Å². The van der Waals surface area contributed by atoms with Crippen LogP contribution in [0.15, 0.2) is 30.5 Å². The molecule has 1 aliphatic heterocycles. The molecule has 2 aromatic rings. The minimum atomic E-state index is 0.729. The lowest BCUT2D eigenvalue weighted by atomic mass is 10.0. The van der Waals surface area contributed by atoms with Crippen molar-refractivity contribution in [1.29, 1.82) is 0 Å². The standard InChI is InChI=1S/C14H16BrN3/c15-8-11-4-3-7-18(10-11)14-9-16-12-5-1-2-6-13(12)17-14/h1-2,5-6,9,11H,3-4,7-8,10H2. The molecule has 0 radical (unpaired) electrons. The number of piperidine rings is 1. The van der Waals surface area contributed by atoms with Crippen LogP contribution < -0.4 is 4.90 Å². The van der Waals surface area contributed by atoms with Gasteiger partial charge in [-0.25, -0.2) is 4.98 Å². The Morgan fingerprint density at radius 2 is 2.11 bits per heavy atom. The Morgan fingerprint density at radius 1 is 1.28 bits per heavy atom. The van der Waals surface area contributed by atoms with Gasteiger partial charge in [-0.05, 0) is 30.9 Å². The van der Waals surface area contributed by atoms with E-state index in [1.54, 1.807) is 0 Å². The van der Waals surface area contributed by atoms with Crippen LogP contribution in [0.3, 0.4) is 0 Å². The number of rotatable bonds is 2. The van der Waals surface area contributed by atoms with E-state index in [4.69, 9.17) is 4.98 Å². The monoisotopic (exact) mass is 305 g/mol. The molecule has 1 aromatic heterocycles. The molecule has 0 bridgehead atoms. The molecule has 0 N–H and O–H groups in total. The number of nitrogens with zero attached hydrogens (tertiary/aromatic N) is 3. The predicted octanol–water partition coefficient (Wildman–Crippen LogP) is 3.24. The summed E-state index contributed by atoms with van der Waals surface area (Å²) < 4.78 is 0. The van der Waals surface area contributed by atoms with Crippen LogP contribution in [0.4, 0.5) is 5.82 Å². The lowest BCUT2D eigenvalue weighted by Crippen LogP contribution is -2.36. The van der Waals surface area contributed by atoms with E-state index in [2.05, 4.69) is 25.8 Å². The summed E-state index contributed by atoms with van der Waals surface area (Å²) in [6.07, 6.45) is 4.45. The summed E-state index contributed by atoms with van der Waals surface area (Å²) in [5.41, 5.74) is 1.95. The summed E-state index contributed by atoms with van der Waals surface area (Å²) in [4.78, 5) is 11.6. The number of anilines is 1. The van der Waals surface area contributed by atoms with Crippen LogP contribution in [0.5, 0.6) is 0 Å². The molecule has 18 heavy (non-hydrogen) atoms. The van der Waals surface area contributed by atoms with Gasteiger partial charge in [-0.15, -0.1) is 0 Å². The van der Waals surface area contributed by atoms with E-state index >= 15 is 0 Å². The highest BCUT2D eigenvalue weighted by Crippen LogP contribution is 2.23. The highest BCUT2D eigenvalue weighted by atomic mass is 79.9.